The van der Waals surface area contributed by atoms with Crippen LogP contribution in [0.15, 0.2) is 41.9 Å². The number of amides is 1. The molecule has 4 nitrogen and oxygen atoms in total. The van der Waals surface area contributed by atoms with Gasteiger partial charge in [0.25, 0.3) is 0 Å². The first-order chi connectivity index (χ1) is 13.2. The monoisotopic (exact) mass is 385 g/mol. The van der Waals surface area contributed by atoms with Gasteiger partial charge in [0.2, 0.25) is 5.91 Å². The normalized spacial score (nSPS) is 19.5. The average Bonchev–Trinajstić information content (AvgIpc) is 2.87. The van der Waals surface area contributed by atoms with Crippen molar-refractivity contribution in [3.05, 3.63) is 47.4 Å². The first kappa shape index (κ1) is 22.7. The third-order valence-electron chi connectivity index (χ3n) is 5.84. The summed E-state index contributed by atoms with van der Waals surface area (Å²) in [5.74, 6) is -0.190. The van der Waals surface area contributed by atoms with Gasteiger partial charge in [-0.3, -0.25) is 4.79 Å². The zero-order valence-corrected chi connectivity index (χ0v) is 18.4. The minimum atomic E-state index is -0.478. The quantitative estimate of drug-likeness (QED) is 0.603. The number of hydrogen-bond donors (Lipinski definition) is 1. The number of rotatable bonds is 9. The summed E-state index contributed by atoms with van der Waals surface area (Å²) in [6.07, 6.45) is 5.79. The van der Waals surface area contributed by atoms with Gasteiger partial charge in [-0.1, -0.05) is 63.1 Å². The van der Waals surface area contributed by atoms with Crippen LogP contribution in [-0.2, 0) is 20.6 Å². The molecule has 1 saturated heterocycles. The molecule has 1 heterocycles. The molecule has 0 aliphatic carbocycles. The van der Waals surface area contributed by atoms with Gasteiger partial charge in [-0.25, -0.2) is 0 Å². The molecular weight excluding hydrogens is 349 g/mol. The van der Waals surface area contributed by atoms with E-state index in [9.17, 15) is 4.79 Å². The molecule has 1 unspecified atom stereocenters. The molecule has 1 amide bonds. The molecule has 1 aliphatic rings. The average molecular weight is 385 g/mol. The van der Waals surface area contributed by atoms with E-state index in [1.165, 1.54) is 0 Å². The smallest absolute Gasteiger partial charge is 0.400 e. The van der Waals surface area contributed by atoms with Crippen LogP contribution in [0.4, 0.5) is 0 Å². The minimum absolute atomic E-state index is 0.0479. The molecule has 1 aromatic carbocycles. The summed E-state index contributed by atoms with van der Waals surface area (Å²) >= 11 is 0. The molecule has 28 heavy (non-hydrogen) atoms. The Labute approximate surface area is 171 Å². The highest BCUT2D eigenvalue weighted by Crippen LogP contribution is 2.40. The van der Waals surface area contributed by atoms with E-state index in [0.29, 0.717) is 6.54 Å². The van der Waals surface area contributed by atoms with Crippen LogP contribution >= 0.6 is 0 Å². The van der Waals surface area contributed by atoms with Crippen molar-refractivity contribution in [2.24, 2.45) is 5.92 Å². The Hall–Kier alpha value is -1.59. The van der Waals surface area contributed by atoms with E-state index in [-0.39, 0.29) is 11.8 Å². The van der Waals surface area contributed by atoms with Crippen molar-refractivity contribution in [2.75, 3.05) is 0 Å². The molecule has 154 valence electrons. The molecule has 1 N–H and O–H groups in total. The fourth-order valence-corrected chi connectivity index (χ4v) is 3.38. The Morgan fingerprint density at radius 1 is 1.11 bits per heavy atom. The Bertz CT molecular complexity index is 654. The highest BCUT2D eigenvalue weighted by molar-refractivity contribution is 6.55. The van der Waals surface area contributed by atoms with Gasteiger partial charge in [-0.05, 0) is 51.6 Å². The van der Waals surface area contributed by atoms with Crippen molar-refractivity contribution in [1.82, 2.24) is 5.32 Å². The van der Waals surface area contributed by atoms with E-state index >= 15 is 0 Å². The Kier molecular flexibility index (Phi) is 7.91. The lowest BCUT2D eigenvalue weighted by Crippen LogP contribution is -2.41. The first-order valence-corrected chi connectivity index (χ1v) is 10.6. The van der Waals surface area contributed by atoms with Crippen molar-refractivity contribution in [1.29, 1.82) is 0 Å². The highest BCUT2D eigenvalue weighted by atomic mass is 16.7. The second kappa shape index (κ2) is 9.75. The molecular formula is C23H36BNO3. The Morgan fingerprint density at radius 2 is 1.71 bits per heavy atom. The summed E-state index contributed by atoms with van der Waals surface area (Å²) in [7, 11) is -0.478. The summed E-state index contributed by atoms with van der Waals surface area (Å²) in [4.78, 5) is 13.2. The van der Waals surface area contributed by atoms with Crippen LogP contribution in [0.1, 0.15) is 72.8 Å². The lowest BCUT2D eigenvalue weighted by atomic mass is 9.68. The van der Waals surface area contributed by atoms with Crippen LogP contribution < -0.4 is 5.32 Å². The zero-order valence-electron chi connectivity index (χ0n) is 18.4. The predicted octanol–water partition coefficient (Wildman–Crippen LogP) is 5.08. The molecule has 0 aromatic heterocycles. The molecule has 0 saturated carbocycles. The topological polar surface area (TPSA) is 47.6 Å². The molecule has 1 aliphatic heterocycles. The van der Waals surface area contributed by atoms with Crippen LogP contribution in [0.3, 0.4) is 0 Å². The van der Waals surface area contributed by atoms with Gasteiger partial charge in [-0.15, -0.1) is 0 Å². The van der Waals surface area contributed by atoms with E-state index in [0.717, 1.165) is 36.7 Å². The number of unbranched alkanes of at least 4 members (excludes halogenated alkanes) is 1. The van der Waals surface area contributed by atoms with Gasteiger partial charge in [0.05, 0.1) is 17.1 Å². The van der Waals surface area contributed by atoms with Crippen molar-refractivity contribution >= 4 is 13.0 Å². The molecule has 1 atom stereocenters. The van der Waals surface area contributed by atoms with E-state index in [1.807, 2.05) is 58.0 Å². The van der Waals surface area contributed by atoms with Gasteiger partial charge < -0.3 is 14.6 Å². The maximum Gasteiger partial charge on any atom is 0.491 e. The van der Waals surface area contributed by atoms with Gasteiger partial charge in [0.15, 0.2) is 0 Å². The lowest BCUT2D eigenvalue weighted by Gasteiger charge is -2.32. The number of allylic oxidation sites excluding steroid dienone is 1. The van der Waals surface area contributed by atoms with Gasteiger partial charge in [0, 0.05) is 6.54 Å². The molecule has 0 radical (unpaired) electrons. The second-order valence-electron chi connectivity index (χ2n) is 8.60. The third kappa shape index (κ3) is 5.48. The molecule has 0 spiro atoms. The maximum atomic E-state index is 13.2. The van der Waals surface area contributed by atoms with Crippen LogP contribution in [0.5, 0.6) is 0 Å². The Balaban J connectivity index is 2.19. The minimum Gasteiger partial charge on any atom is -0.400 e. The van der Waals surface area contributed by atoms with E-state index in [4.69, 9.17) is 9.31 Å². The fraction of sp³-hybridized carbons (Fsp3) is 0.609. The third-order valence-corrected chi connectivity index (χ3v) is 5.84. The van der Waals surface area contributed by atoms with E-state index < -0.39 is 18.3 Å². The second-order valence-corrected chi connectivity index (χ2v) is 8.60. The van der Waals surface area contributed by atoms with Gasteiger partial charge in [0.1, 0.15) is 0 Å². The number of carbonyl (C=O) groups is 1. The molecule has 1 aromatic rings. The number of nitrogens with one attached hydrogen (secondary N) is 1. The molecule has 1 fully saturated rings. The highest BCUT2D eigenvalue weighted by Gasteiger charge is 2.53. The SMILES string of the molecule is CC/C=C(/B1OC(C)(C)C(C)(C)O1)C(CCCC)C(=O)NCc1ccccc1. The van der Waals surface area contributed by atoms with Crippen LogP contribution in [-0.4, -0.2) is 24.2 Å². The summed E-state index contributed by atoms with van der Waals surface area (Å²) in [6, 6.07) is 10.0. The van der Waals surface area contributed by atoms with Crippen molar-refractivity contribution in [3.8, 4) is 0 Å². The summed E-state index contributed by atoms with van der Waals surface area (Å²) in [5.41, 5.74) is 1.22. The summed E-state index contributed by atoms with van der Waals surface area (Å²) < 4.78 is 12.6. The van der Waals surface area contributed by atoms with E-state index in [1.54, 1.807) is 0 Å². The predicted molar refractivity (Wildman–Crippen MR) is 116 cm³/mol. The van der Waals surface area contributed by atoms with Crippen LogP contribution in [0.2, 0.25) is 0 Å². The first-order valence-electron chi connectivity index (χ1n) is 10.6. The largest absolute Gasteiger partial charge is 0.491 e. The van der Waals surface area contributed by atoms with Crippen molar-refractivity contribution < 1.29 is 14.1 Å². The number of hydrogen-bond acceptors (Lipinski definition) is 3. The van der Waals surface area contributed by atoms with Crippen molar-refractivity contribution in [3.63, 3.8) is 0 Å². The lowest BCUT2D eigenvalue weighted by molar-refractivity contribution is -0.124. The van der Waals surface area contributed by atoms with Crippen LogP contribution in [0, 0.1) is 5.92 Å². The fourth-order valence-electron chi connectivity index (χ4n) is 3.38. The molecule has 0 bridgehead atoms. The van der Waals surface area contributed by atoms with Crippen molar-refractivity contribution in [2.45, 2.75) is 85.0 Å². The zero-order chi connectivity index (χ0) is 20.8. The Morgan fingerprint density at radius 3 is 2.25 bits per heavy atom. The number of benzene rings is 1. The van der Waals surface area contributed by atoms with E-state index in [2.05, 4.69) is 25.2 Å². The summed E-state index contributed by atoms with van der Waals surface area (Å²) in [6.45, 7) is 13.0. The molecule has 2 rings (SSSR count). The van der Waals surface area contributed by atoms with Gasteiger partial charge in [-0.2, -0.15) is 0 Å². The number of carbonyl (C=O) groups excluding carboxylic acids is 1. The molecule has 5 heteroatoms. The van der Waals surface area contributed by atoms with Gasteiger partial charge >= 0.3 is 7.12 Å². The maximum absolute atomic E-state index is 13.2. The standard InChI is InChI=1S/C23H36BNO3/c1-7-9-16-19(21(26)25-17-18-14-11-10-12-15-18)20(13-8-2)24-27-22(3,4)23(5,6)28-24/h10-15,19H,7-9,16-17H2,1-6H3,(H,25,26)/b20-13+. The van der Waals surface area contributed by atoms with Crippen LogP contribution in [0.25, 0.3) is 0 Å². The summed E-state index contributed by atoms with van der Waals surface area (Å²) in [5, 5.41) is 3.12.